The van der Waals surface area contributed by atoms with Crippen molar-refractivity contribution in [3.8, 4) is 0 Å². The molecule has 2 rings (SSSR count). The molecule has 0 aromatic heterocycles. The molecule has 0 amide bonds. The zero-order valence-electron chi connectivity index (χ0n) is 11.7. The molecule has 1 aromatic carbocycles. The Morgan fingerprint density at radius 1 is 1.38 bits per heavy atom. The Hall–Kier alpha value is -0.400. The van der Waals surface area contributed by atoms with Crippen LogP contribution in [0.3, 0.4) is 0 Å². The van der Waals surface area contributed by atoms with Gasteiger partial charge in [0.25, 0.3) is 0 Å². The van der Waals surface area contributed by atoms with E-state index in [0.29, 0.717) is 19.0 Å². The van der Waals surface area contributed by atoms with Gasteiger partial charge in [0.05, 0.1) is 5.02 Å². The lowest BCUT2D eigenvalue weighted by molar-refractivity contribution is 0.270. The zero-order chi connectivity index (χ0) is 14.8. The standard InChI is InChI=1S/C13H18ClFN2O2S.ClH/c1-16-9-10-5-7-17(8-6-10)20(18,19)12-4-2-3-11(14)13(12)15;/h2-4,10,16H,5-9H2,1H3;1H. The first-order chi connectivity index (χ1) is 9.46. The first-order valence-corrected chi connectivity index (χ1v) is 8.37. The summed E-state index contributed by atoms with van der Waals surface area (Å²) in [5.41, 5.74) is 0. The molecule has 0 atom stereocenters. The van der Waals surface area contributed by atoms with Crippen molar-refractivity contribution in [2.45, 2.75) is 17.7 Å². The second kappa shape index (κ2) is 7.74. The van der Waals surface area contributed by atoms with E-state index < -0.39 is 15.8 Å². The molecule has 0 radical (unpaired) electrons. The van der Waals surface area contributed by atoms with Crippen LogP contribution in [0.25, 0.3) is 0 Å². The van der Waals surface area contributed by atoms with E-state index in [0.717, 1.165) is 19.4 Å². The molecule has 8 heteroatoms. The minimum absolute atomic E-state index is 0. The first kappa shape index (κ1) is 18.6. The number of hydrogen-bond acceptors (Lipinski definition) is 3. The molecular formula is C13H19Cl2FN2O2S. The highest BCUT2D eigenvalue weighted by Crippen LogP contribution is 2.27. The second-order valence-corrected chi connectivity index (χ2v) is 7.27. The Morgan fingerprint density at radius 2 is 2.00 bits per heavy atom. The second-order valence-electron chi connectivity index (χ2n) is 4.96. The summed E-state index contributed by atoms with van der Waals surface area (Å²) < 4.78 is 40.1. The molecule has 0 unspecified atom stereocenters. The van der Waals surface area contributed by atoms with Gasteiger partial charge in [0.15, 0.2) is 5.82 Å². The highest BCUT2D eigenvalue weighted by atomic mass is 35.5. The van der Waals surface area contributed by atoms with E-state index >= 15 is 0 Å². The van der Waals surface area contributed by atoms with Gasteiger partial charge in [0, 0.05) is 13.1 Å². The smallest absolute Gasteiger partial charge is 0.246 e. The van der Waals surface area contributed by atoms with Crippen molar-refractivity contribution in [1.82, 2.24) is 9.62 Å². The van der Waals surface area contributed by atoms with Crippen LogP contribution in [-0.4, -0.2) is 39.4 Å². The van der Waals surface area contributed by atoms with Crippen molar-refractivity contribution >= 4 is 34.0 Å². The number of nitrogens with one attached hydrogen (secondary N) is 1. The molecule has 0 saturated carbocycles. The molecule has 1 saturated heterocycles. The summed E-state index contributed by atoms with van der Waals surface area (Å²) in [4.78, 5) is -0.336. The maximum Gasteiger partial charge on any atom is 0.246 e. The van der Waals surface area contributed by atoms with Crippen molar-refractivity contribution in [3.63, 3.8) is 0 Å². The third-order valence-corrected chi connectivity index (χ3v) is 5.81. The molecule has 0 bridgehead atoms. The molecule has 1 N–H and O–H groups in total. The largest absolute Gasteiger partial charge is 0.319 e. The molecule has 4 nitrogen and oxygen atoms in total. The molecule has 0 spiro atoms. The van der Waals surface area contributed by atoms with Gasteiger partial charge in [-0.25, -0.2) is 12.8 Å². The summed E-state index contributed by atoms with van der Waals surface area (Å²) in [6.07, 6.45) is 1.56. The van der Waals surface area contributed by atoms with Gasteiger partial charge in [0.2, 0.25) is 10.0 Å². The van der Waals surface area contributed by atoms with Crippen LogP contribution >= 0.6 is 24.0 Å². The fraction of sp³-hybridized carbons (Fsp3) is 0.538. The van der Waals surface area contributed by atoms with Gasteiger partial charge in [-0.3, -0.25) is 0 Å². The fourth-order valence-electron chi connectivity index (χ4n) is 2.46. The van der Waals surface area contributed by atoms with Crippen LogP contribution in [-0.2, 0) is 10.0 Å². The molecule has 1 aliphatic rings. The maximum absolute atomic E-state index is 13.9. The normalized spacial score (nSPS) is 17.5. The molecule has 1 aromatic rings. The molecule has 120 valence electrons. The predicted molar refractivity (Wildman–Crippen MR) is 84.1 cm³/mol. The average molecular weight is 357 g/mol. The van der Waals surface area contributed by atoms with Crippen LogP contribution in [0.4, 0.5) is 4.39 Å². The van der Waals surface area contributed by atoms with Crippen molar-refractivity contribution in [1.29, 1.82) is 0 Å². The van der Waals surface area contributed by atoms with Crippen LogP contribution in [0.1, 0.15) is 12.8 Å². The highest BCUT2D eigenvalue weighted by Gasteiger charge is 2.31. The Morgan fingerprint density at radius 3 is 2.57 bits per heavy atom. The maximum atomic E-state index is 13.9. The van der Waals surface area contributed by atoms with E-state index in [1.54, 1.807) is 0 Å². The lowest BCUT2D eigenvalue weighted by Crippen LogP contribution is -2.40. The number of piperidine rings is 1. The number of benzene rings is 1. The minimum atomic E-state index is -3.80. The number of nitrogens with zero attached hydrogens (tertiary/aromatic N) is 1. The molecule has 0 aliphatic carbocycles. The van der Waals surface area contributed by atoms with Gasteiger partial charge in [-0.1, -0.05) is 17.7 Å². The van der Waals surface area contributed by atoms with E-state index in [2.05, 4.69) is 5.32 Å². The monoisotopic (exact) mass is 356 g/mol. The van der Waals surface area contributed by atoms with E-state index in [1.165, 1.54) is 22.5 Å². The fourth-order valence-corrected chi connectivity index (χ4v) is 4.25. The summed E-state index contributed by atoms with van der Waals surface area (Å²) >= 11 is 5.66. The number of halogens is 3. The molecule has 21 heavy (non-hydrogen) atoms. The number of rotatable bonds is 4. The molecule has 1 fully saturated rings. The van der Waals surface area contributed by atoms with Crippen molar-refractivity contribution < 1.29 is 12.8 Å². The van der Waals surface area contributed by atoms with E-state index in [1.807, 2.05) is 7.05 Å². The van der Waals surface area contributed by atoms with Gasteiger partial charge in [-0.05, 0) is 44.5 Å². The summed E-state index contributed by atoms with van der Waals surface area (Å²) in [5, 5.41) is 2.92. The molecular weight excluding hydrogens is 338 g/mol. The summed E-state index contributed by atoms with van der Waals surface area (Å²) in [6.45, 7) is 1.71. The van der Waals surface area contributed by atoms with Crippen LogP contribution in [0.15, 0.2) is 23.1 Å². The Kier molecular flexibility index (Phi) is 6.87. The Bertz CT molecular complexity index is 576. The third-order valence-electron chi connectivity index (χ3n) is 3.60. The topological polar surface area (TPSA) is 49.4 Å². The van der Waals surface area contributed by atoms with Crippen LogP contribution in [0.2, 0.25) is 5.02 Å². The number of sulfonamides is 1. The van der Waals surface area contributed by atoms with Gasteiger partial charge in [-0.2, -0.15) is 4.31 Å². The van der Waals surface area contributed by atoms with Crippen molar-refractivity contribution in [2.75, 3.05) is 26.7 Å². The van der Waals surface area contributed by atoms with Crippen LogP contribution < -0.4 is 5.32 Å². The van der Waals surface area contributed by atoms with E-state index in [9.17, 15) is 12.8 Å². The minimum Gasteiger partial charge on any atom is -0.319 e. The van der Waals surface area contributed by atoms with Gasteiger partial charge >= 0.3 is 0 Å². The summed E-state index contributed by atoms with van der Waals surface area (Å²) in [7, 11) is -1.92. The Balaban J connectivity index is 0.00000220. The van der Waals surface area contributed by atoms with Gasteiger partial charge in [-0.15, -0.1) is 12.4 Å². The Labute approximate surface area is 136 Å². The van der Waals surface area contributed by atoms with E-state index in [-0.39, 0.29) is 22.3 Å². The predicted octanol–water partition coefficient (Wildman–Crippen LogP) is 2.52. The number of hydrogen-bond donors (Lipinski definition) is 1. The third kappa shape index (κ3) is 4.07. The van der Waals surface area contributed by atoms with Crippen LogP contribution in [0, 0.1) is 11.7 Å². The zero-order valence-corrected chi connectivity index (χ0v) is 14.1. The molecule has 1 heterocycles. The van der Waals surface area contributed by atoms with Crippen molar-refractivity contribution in [3.05, 3.63) is 29.0 Å². The molecule has 1 aliphatic heterocycles. The quantitative estimate of drug-likeness (QED) is 0.901. The first-order valence-electron chi connectivity index (χ1n) is 6.55. The lowest BCUT2D eigenvalue weighted by atomic mass is 9.98. The van der Waals surface area contributed by atoms with E-state index in [4.69, 9.17) is 11.6 Å². The van der Waals surface area contributed by atoms with Gasteiger partial charge in [0.1, 0.15) is 4.90 Å². The SMILES string of the molecule is CNCC1CCN(S(=O)(=O)c2cccc(Cl)c2F)CC1.Cl. The summed E-state index contributed by atoms with van der Waals surface area (Å²) in [5.74, 6) is -0.401. The van der Waals surface area contributed by atoms with Crippen molar-refractivity contribution in [2.24, 2.45) is 5.92 Å². The summed E-state index contributed by atoms with van der Waals surface area (Å²) in [6, 6.07) is 4.05. The highest BCUT2D eigenvalue weighted by molar-refractivity contribution is 7.89. The lowest BCUT2D eigenvalue weighted by Gasteiger charge is -2.31. The van der Waals surface area contributed by atoms with Crippen LogP contribution in [0.5, 0.6) is 0 Å². The average Bonchev–Trinajstić information content (AvgIpc) is 2.42. The van der Waals surface area contributed by atoms with Gasteiger partial charge < -0.3 is 5.32 Å².